The monoisotopic (exact) mass is 219 g/mol. The van der Waals surface area contributed by atoms with Crippen molar-refractivity contribution in [3.05, 3.63) is 23.9 Å². The summed E-state index contributed by atoms with van der Waals surface area (Å²) in [4.78, 5) is 16.0. The van der Waals surface area contributed by atoms with Crippen molar-refractivity contribution in [1.29, 1.82) is 0 Å². The Morgan fingerprint density at radius 3 is 3.00 bits per heavy atom. The summed E-state index contributed by atoms with van der Waals surface area (Å²) in [6, 6.07) is 3.91. The lowest BCUT2D eigenvalue weighted by Gasteiger charge is -2.26. The predicted octanol–water partition coefficient (Wildman–Crippen LogP) is 1.80. The molecule has 0 unspecified atom stereocenters. The molecule has 0 aromatic carbocycles. The number of hydrogen-bond acceptors (Lipinski definition) is 3. The van der Waals surface area contributed by atoms with Crippen LogP contribution in [0.4, 0.5) is 5.82 Å². The van der Waals surface area contributed by atoms with E-state index < -0.39 is 0 Å². The van der Waals surface area contributed by atoms with Gasteiger partial charge < -0.3 is 10.6 Å². The largest absolute Gasteiger partial charge is 0.370 e. The molecule has 0 radical (unpaired) electrons. The molecular weight excluding hydrogens is 202 g/mol. The van der Waals surface area contributed by atoms with E-state index in [1.165, 1.54) is 6.42 Å². The van der Waals surface area contributed by atoms with Crippen molar-refractivity contribution in [2.45, 2.75) is 32.2 Å². The van der Waals surface area contributed by atoms with Crippen molar-refractivity contribution in [1.82, 2.24) is 10.3 Å². The maximum atomic E-state index is 11.8. The molecule has 1 aliphatic carbocycles. The quantitative estimate of drug-likeness (QED) is 0.811. The van der Waals surface area contributed by atoms with E-state index in [1.807, 2.05) is 6.92 Å². The number of rotatable bonds is 4. The van der Waals surface area contributed by atoms with Gasteiger partial charge in [-0.1, -0.05) is 0 Å². The number of amides is 1. The highest BCUT2D eigenvalue weighted by atomic mass is 16.1. The molecule has 0 aliphatic heterocycles. The highest BCUT2D eigenvalue weighted by Gasteiger charge is 2.20. The average Bonchev–Trinajstić information content (AvgIpc) is 2.24. The van der Waals surface area contributed by atoms with Gasteiger partial charge in [0, 0.05) is 24.3 Å². The van der Waals surface area contributed by atoms with Gasteiger partial charge in [-0.05, 0) is 38.3 Å². The minimum atomic E-state index is 0.00579. The predicted molar refractivity (Wildman–Crippen MR) is 63.5 cm³/mol. The third kappa shape index (κ3) is 2.51. The number of pyridine rings is 1. The van der Waals surface area contributed by atoms with Gasteiger partial charge in [0.1, 0.15) is 5.82 Å². The Morgan fingerprint density at radius 1 is 1.56 bits per heavy atom. The van der Waals surface area contributed by atoms with Gasteiger partial charge in [0.2, 0.25) is 0 Å². The average molecular weight is 219 g/mol. The van der Waals surface area contributed by atoms with Gasteiger partial charge in [0.05, 0.1) is 0 Å². The summed E-state index contributed by atoms with van der Waals surface area (Å²) in [7, 11) is 0. The number of nitrogens with zero attached hydrogens (tertiary/aromatic N) is 1. The zero-order valence-electron chi connectivity index (χ0n) is 9.49. The fourth-order valence-corrected chi connectivity index (χ4v) is 1.67. The van der Waals surface area contributed by atoms with Crippen molar-refractivity contribution < 1.29 is 4.79 Å². The first-order valence-corrected chi connectivity index (χ1v) is 5.80. The highest BCUT2D eigenvalue weighted by Crippen LogP contribution is 2.18. The lowest BCUT2D eigenvalue weighted by atomic mass is 9.93. The first-order valence-electron chi connectivity index (χ1n) is 5.80. The lowest BCUT2D eigenvalue weighted by Crippen LogP contribution is -2.39. The van der Waals surface area contributed by atoms with Crippen LogP contribution in [0.25, 0.3) is 0 Å². The van der Waals surface area contributed by atoms with Gasteiger partial charge in [-0.2, -0.15) is 0 Å². The number of carbonyl (C=O) groups excluding carboxylic acids is 1. The van der Waals surface area contributed by atoms with Crippen molar-refractivity contribution in [2.24, 2.45) is 0 Å². The number of hydrogen-bond donors (Lipinski definition) is 2. The van der Waals surface area contributed by atoms with Gasteiger partial charge >= 0.3 is 0 Å². The van der Waals surface area contributed by atoms with E-state index in [-0.39, 0.29) is 5.91 Å². The Balaban J connectivity index is 2.00. The van der Waals surface area contributed by atoms with Crippen molar-refractivity contribution >= 4 is 11.7 Å². The Hall–Kier alpha value is -1.58. The van der Waals surface area contributed by atoms with Crippen LogP contribution < -0.4 is 10.6 Å². The van der Waals surface area contributed by atoms with E-state index >= 15 is 0 Å². The third-order valence-electron chi connectivity index (χ3n) is 2.82. The Morgan fingerprint density at radius 2 is 2.38 bits per heavy atom. The molecule has 1 aromatic heterocycles. The van der Waals surface area contributed by atoms with Gasteiger partial charge in [0.25, 0.3) is 5.91 Å². The van der Waals surface area contributed by atoms with Crippen LogP contribution in [0.2, 0.25) is 0 Å². The number of aromatic nitrogens is 1. The Bertz CT molecular complexity index is 374. The summed E-state index contributed by atoms with van der Waals surface area (Å²) < 4.78 is 0. The van der Waals surface area contributed by atoms with E-state index in [9.17, 15) is 4.79 Å². The minimum absolute atomic E-state index is 0.00579. The van der Waals surface area contributed by atoms with E-state index in [0.29, 0.717) is 11.6 Å². The normalized spacial score (nSPS) is 15.3. The molecule has 4 heteroatoms. The SMILES string of the molecule is CCNc1cc(C(=O)NC2CCC2)ccn1. The second-order valence-electron chi connectivity index (χ2n) is 4.06. The van der Waals surface area contributed by atoms with Gasteiger partial charge in [-0.25, -0.2) is 4.98 Å². The van der Waals surface area contributed by atoms with Crippen LogP contribution in [-0.2, 0) is 0 Å². The second kappa shape index (κ2) is 4.96. The molecular formula is C12H17N3O. The van der Waals surface area contributed by atoms with Crippen LogP contribution in [0.3, 0.4) is 0 Å². The van der Waals surface area contributed by atoms with E-state index in [1.54, 1.807) is 18.3 Å². The van der Waals surface area contributed by atoms with E-state index in [0.717, 1.165) is 25.2 Å². The molecule has 0 saturated heterocycles. The van der Waals surface area contributed by atoms with Gasteiger partial charge in [-0.15, -0.1) is 0 Å². The molecule has 2 N–H and O–H groups in total. The molecule has 4 nitrogen and oxygen atoms in total. The molecule has 1 fully saturated rings. The number of anilines is 1. The van der Waals surface area contributed by atoms with E-state index in [2.05, 4.69) is 15.6 Å². The number of nitrogens with one attached hydrogen (secondary N) is 2. The van der Waals surface area contributed by atoms with Crippen molar-refractivity contribution in [3.8, 4) is 0 Å². The fourth-order valence-electron chi connectivity index (χ4n) is 1.67. The molecule has 1 saturated carbocycles. The minimum Gasteiger partial charge on any atom is -0.370 e. The topological polar surface area (TPSA) is 54.0 Å². The van der Waals surface area contributed by atoms with Crippen LogP contribution >= 0.6 is 0 Å². The van der Waals surface area contributed by atoms with Gasteiger partial charge in [-0.3, -0.25) is 4.79 Å². The molecule has 1 heterocycles. The lowest BCUT2D eigenvalue weighted by molar-refractivity contribution is 0.0917. The second-order valence-corrected chi connectivity index (χ2v) is 4.06. The maximum Gasteiger partial charge on any atom is 0.251 e. The molecule has 16 heavy (non-hydrogen) atoms. The van der Waals surface area contributed by atoms with Gasteiger partial charge in [0.15, 0.2) is 0 Å². The number of carbonyl (C=O) groups is 1. The Labute approximate surface area is 95.5 Å². The molecule has 1 aliphatic rings. The summed E-state index contributed by atoms with van der Waals surface area (Å²) in [6.07, 6.45) is 5.10. The van der Waals surface area contributed by atoms with Crippen LogP contribution in [-0.4, -0.2) is 23.5 Å². The fraction of sp³-hybridized carbons (Fsp3) is 0.500. The third-order valence-corrected chi connectivity index (χ3v) is 2.82. The molecule has 0 atom stereocenters. The summed E-state index contributed by atoms with van der Waals surface area (Å²) in [5.74, 6) is 0.759. The van der Waals surface area contributed by atoms with Crippen molar-refractivity contribution in [2.75, 3.05) is 11.9 Å². The van der Waals surface area contributed by atoms with Crippen molar-refractivity contribution in [3.63, 3.8) is 0 Å². The zero-order chi connectivity index (χ0) is 11.4. The first-order chi connectivity index (χ1) is 7.79. The molecule has 1 aromatic rings. The molecule has 0 bridgehead atoms. The summed E-state index contributed by atoms with van der Waals surface area (Å²) >= 11 is 0. The highest BCUT2D eigenvalue weighted by molar-refractivity contribution is 5.95. The summed E-state index contributed by atoms with van der Waals surface area (Å²) in [6.45, 7) is 2.81. The van der Waals surface area contributed by atoms with E-state index in [4.69, 9.17) is 0 Å². The van der Waals surface area contributed by atoms with Crippen LogP contribution in [0.5, 0.6) is 0 Å². The molecule has 86 valence electrons. The maximum absolute atomic E-state index is 11.8. The summed E-state index contributed by atoms with van der Waals surface area (Å²) in [5.41, 5.74) is 0.679. The van der Waals surface area contributed by atoms with Crippen LogP contribution in [0, 0.1) is 0 Å². The standard InChI is InChI=1S/C12H17N3O/c1-2-13-11-8-9(6-7-14-11)12(16)15-10-4-3-5-10/h6-8,10H,2-5H2,1H3,(H,13,14)(H,15,16). The first kappa shape index (κ1) is 10.9. The molecule has 0 spiro atoms. The summed E-state index contributed by atoms with van der Waals surface area (Å²) in [5, 5.41) is 6.10. The Kier molecular flexibility index (Phi) is 3.39. The molecule has 2 rings (SSSR count). The zero-order valence-corrected chi connectivity index (χ0v) is 9.49. The smallest absolute Gasteiger partial charge is 0.251 e. The van der Waals surface area contributed by atoms with Crippen LogP contribution in [0.15, 0.2) is 18.3 Å². The van der Waals surface area contributed by atoms with Crippen LogP contribution in [0.1, 0.15) is 36.5 Å². The molecule has 1 amide bonds.